The molecule has 0 atom stereocenters. The molecule has 0 saturated carbocycles. The summed E-state index contributed by atoms with van der Waals surface area (Å²) in [4.78, 5) is 35.0. The first-order valence-corrected chi connectivity index (χ1v) is 6.82. The number of hydrogen-bond donors (Lipinski definition) is 0. The van der Waals surface area contributed by atoms with Gasteiger partial charge < -0.3 is 13.9 Å². The summed E-state index contributed by atoms with van der Waals surface area (Å²) in [5.74, 6) is -0.308. The van der Waals surface area contributed by atoms with E-state index >= 15 is 0 Å². The van der Waals surface area contributed by atoms with Crippen LogP contribution in [0.4, 0.5) is 0 Å². The van der Waals surface area contributed by atoms with Crippen LogP contribution in [0.1, 0.15) is 25.2 Å². The Hall–Kier alpha value is -2.63. The molecule has 0 aliphatic carbocycles. The SMILES string of the molecule is CCOC(=O)Cc1c(C)oc2cc(OC(C)=O)ccc2c1=O. The van der Waals surface area contributed by atoms with Gasteiger partial charge in [0.15, 0.2) is 5.43 Å². The van der Waals surface area contributed by atoms with Crippen molar-refractivity contribution >= 4 is 22.9 Å². The number of carbonyl (C=O) groups is 2. The molecule has 0 radical (unpaired) electrons. The summed E-state index contributed by atoms with van der Waals surface area (Å²) in [5, 5.41) is 0.320. The molecule has 0 spiro atoms. The Bertz CT molecular complexity index is 787. The first-order valence-electron chi connectivity index (χ1n) is 6.82. The second-order valence-electron chi connectivity index (χ2n) is 4.70. The van der Waals surface area contributed by atoms with Crippen molar-refractivity contribution < 1.29 is 23.5 Å². The van der Waals surface area contributed by atoms with Crippen molar-refractivity contribution in [1.29, 1.82) is 0 Å². The van der Waals surface area contributed by atoms with E-state index in [0.717, 1.165) is 0 Å². The van der Waals surface area contributed by atoms with Crippen LogP contribution in [0.25, 0.3) is 11.0 Å². The molecular weight excluding hydrogens is 288 g/mol. The molecule has 0 unspecified atom stereocenters. The Morgan fingerprint density at radius 3 is 2.64 bits per heavy atom. The zero-order valence-corrected chi connectivity index (χ0v) is 12.6. The summed E-state index contributed by atoms with van der Waals surface area (Å²) in [5.41, 5.74) is 0.279. The lowest BCUT2D eigenvalue weighted by molar-refractivity contribution is -0.142. The smallest absolute Gasteiger partial charge is 0.310 e. The van der Waals surface area contributed by atoms with Crippen molar-refractivity contribution in [2.24, 2.45) is 0 Å². The maximum absolute atomic E-state index is 12.4. The molecule has 0 saturated heterocycles. The molecule has 0 aliphatic rings. The van der Waals surface area contributed by atoms with Gasteiger partial charge in [0, 0.05) is 18.6 Å². The molecule has 116 valence electrons. The van der Waals surface area contributed by atoms with Gasteiger partial charge in [-0.15, -0.1) is 0 Å². The van der Waals surface area contributed by atoms with Gasteiger partial charge in [0.1, 0.15) is 17.1 Å². The topological polar surface area (TPSA) is 82.8 Å². The predicted molar refractivity (Wildman–Crippen MR) is 78.9 cm³/mol. The molecule has 0 bridgehead atoms. The summed E-state index contributed by atoms with van der Waals surface area (Å²) in [7, 11) is 0. The highest BCUT2D eigenvalue weighted by Crippen LogP contribution is 2.21. The van der Waals surface area contributed by atoms with E-state index < -0.39 is 11.9 Å². The van der Waals surface area contributed by atoms with Crippen LogP contribution in [-0.4, -0.2) is 18.5 Å². The number of aryl methyl sites for hydroxylation is 1. The molecule has 0 fully saturated rings. The third kappa shape index (κ3) is 3.33. The van der Waals surface area contributed by atoms with Crippen LogP contribution in [0.15, 0.2) is 27.4 Å². The average Bonchev–Trinajstić information content (AvgIpc) is 2.43. The van der Waals surface area contributed by atoms with Crippen molar-refractivity contribution in [2.75, 3.05) is 6.61 Å². The Labute approximate surface area is 126 Å². The highest BCUT2D eigenvalue weighted by molar-refractivity contribution is 5.81. The first kappa shape index (κ1) is 15.8. The van der Waals surface area contributed by atoms with Crippen molar-refractivity contribution in [1.82, 2.24) is 0 Å². The lowest BCUT2D eigenvalue weighted by atomic mass is 10.1. The third-order valence-corrected chi connectivity index (χ3v) is 3.05. The Kier molecular flexibility index (Phi) is 4.60. The molecule has 1 heterocycles. The van der Waals surface area contributed by atoms with Gasteiger partial charge in [-0.2, -0.15) is 0 Å². The molecule has 6 heteroatoms. The molecule has 22 heavy (non-hydrogen) atoms. The van der Waals surface area contributed by atoms with Crippen LogP contribution >= 0.6 is 0 Å². The number of benzene rings is 1. The Balaban J connectivity index is 2.47. The second kappa shape index (κ2) is 6.43. The van der Waals surface area contributed by atoms with Crippen LogP contribution < -0.4 is 10.2 Å². The molecule has 1 aromatic heterocycles. The maximum atomic E-state index is 12.4. The quantitative estimate of drug-likeness (QED) is 0.635. The van der Waals surface area contributed by atoms with Gasteiger partial charge in [-0.05, 0) is 26.0 Å². The zero-order valence-electron chi connectivity index (χ0n) is 12.6. The van der Waals surface area contributed by atoms with E-state index in [2.05, 4.69) is 0 Å². The molecule has 0 aliphatic heterocycles. The minimum absolute atomic E-state index is 0.135. The summed E-state index contributed by atoms with van der Waals surface area (Å²) in [6, 6.07) is 4.48. The van der Waals surface area contributed by atoms with E-state index in [1.54, 1.807) is 13.8 Å². The van der Waals surface area contributed by atoms with Gasteiger partial charge in [-0.3, -0.25) is 14.4 Å². The van der Waals surface area contributed by atoms with Gasteiger partial charge in [-0.25, -0.2) is 0 Å². The highest BCUT2D eigenvalue weighted by atomic mass is 16.5. The minimum Gasteiger partial charge on any atom is -0.466 e. The monoisotopic (exact) mass is 304 g/mol. The van der Waals surface area contributed by atoms with E-state index in [0.29, 0.717) is 22.5 Å². The van der Waals surface area contributed by atoms with E-state index in [1.165, 1.54) is 25.1 Å². The average molecular weight is 304 g/mol. The van der Waals surface area contributed by atoms with Crippen molar-refractivity contribution in [2.45, 2.75) is 27.2 Å². The van der Waals surface area contributed by atoms with Crippen LogP contribution in [0, 0.1) is 6.92 Å². The zero-order chi connectivity index (χ0) is 16.3. The normalized spacial score (nSPS) is 10.5. The Morgan fingerprint density at radius 1 is 1.27 bits per heavy atom. The molecule has 6 nitrogen and oxygen atoms in total. The summed E-state index contributed by atoms with van der Waals surface area (Å²) in [6.45, 7) is 4.84. The first-order chi connectivity index (χ1) is 10.4. The number of rotatable bonds is 4. The number of esters is 2. The standard InChI is InChI=1S/C16H16O6/c1-4-20-15(18)8-13-9(2)21-14-7-11(22-10(3)17)5-6-12(14)16(13)19/h5-7H,4,8H2,1-3H3. The summed E-state index contributed by atoms with van der Waals surface area (Å²) < 4.78 is 15.4. The van der Waals surface area contributed by atoms with E-state index in [1.807, 2.05) is 0 Å². The molecule has 2 rings (SSSR count). The minimum atomic E-state index is -0.478. The molecule has 2 aromatic rings. The van der Waals surface area contributed by atoms with E-state index in [9.17, 15) is 14.4 Å². The van der Waals surface area contributed by atoms with Crippen LogP contribution in [0.3, 0.4) is 0 Å². The second-order valence-corrected chi connectivity index (χ2v) is 4.70. The molecule has 1 aromatic carbocycles. The van der Waals surface area contributed by atoms with Gasteiger partial charge in [0.2, 0.25) is 0 Å². The number of carbonyl (C=O) groups excluding carboxylic acids is 2. The van der Waals surface area contributed by atoms with Crippen LogP contribution in [-0.2, 0) is 20.7 Å². The van der Waals surface area contributed by atoms with Crippen molar-refractivity contribution in [3.8, 4) is 5.75 Å². The molecular formula is C16H16O6. The van der Waals surface area contributed by atoms with Gasteiger partial charge in [0.25, 0.3) is 0 Å². The van der Waals surface area contributed by atoms with Gasteiger partial charge in [-0.1, -0.05) is 0 Å². The van der Waals surface area contributed by atoms with Crippen LogP contribution in [0.5, 0.6) is 5.75 Å². The number of fused-ring (bicyclic) bond motifs is 1. The van der Waals surface area contributed by atoms with E-state index in [4.69, 9.17) is 13.9 Å². The lowest BCUT2D eigenvalue weighted by Crippen LogP contribution is -2.17. The fourth-order valence-corrected chi connectivity index (χ4v) is 2.11. The van der Waals surface area contributed by atoms with Crippen molar-refractivity contribution in [3.05, 3.63) is 39.7 Å². The lowest BCUT2D eigenvalue weighted by Gasteiger charge is -2.08. The van der Waals surface area contributed by atoms with Crippen molar-refractivity contribution in [3.63, 3.8) is 0 Å². The highest BCUT2D eigenvalue weighted by Gasteiger charge is 2.16. The summed E-state index contributed by atoms with van der Waals surface area (Å²) >= 11 is 0. The predicted octanol–water partition coefficient (Wildman–Crippen LogP) is 2.13. The maximum Gasteiger partial charge on any atom is 0.310 e. The molecule has 0 amide bonds. The van der Waals surface area contributed by atoms with Gasteiger partial charge in [0.05, 0.1) is 18.4 Å². The third-order valence-electron chi connectivity index (χ3n) is 3.05. The van der Waals surface area contributed by atoms with E-state index in [-0.39, 0.29) is 24.0 Å². The number of hydrogen-bond acceptors (Lipinski definition) is 6. The molecule has 0 N–H and O–H groups in total. The fourth-order valence-electron chi connectivity index (χ4n) is 2.11. The largest absolute Gasteiger partial charge is 0.466 e. The van der Waals surface area contributed by atoms with Crippen LogP contribution in [0.2, 0.25) is 0 Å². The summed E-state index contributed by atoms with van der Waals surface area (Å²) in [6.07, 6.45) is -0.135. The Morgan fingerprint density at radius 2 is 2.00 bits per heavy atom. The fraction of sp³-hybridized carbons (Fsp3) is 0.312. The number of ether oxygens (including phenoxy) is 2. The van der Waals surface area contributed by atoms with Gasteiger partial charge >= 0.3 is 11.9 Å².